The van der Waals surface area contributed by atoms with E-state index in [1.165, 1.54) is 16.8 Å². The molecule has 1 amide bonds. The molecular formula is C9H9BrN2O3. The minimum absolute atomic E-state index is 0.102. The van der Waals surface area contributed by atoms with Crippen molar-refractivity contribution in [3.63, 3.8) is 0 Å². The van der Waals surface area contributed by atoms with Crippen molar-refractivity contribution in [2.45, 2.75) is 0 Å². The molecule has 0 aliphatic heterocycles. The summed E-state index contributed by atoms with van der Waals surface area (Å²) in [6.45, 7) is 3.40. The highest BCUT2D eigenvalue weighted by atomic mass is 79.9. The van der Waals surface area contributed by atoms with E-state index >= 15 is 0 Å². The van der Waals surface area contributed by atoms with Crippen molar-refractivity contribution < 1.29 is 14.7 Å². The maximum Gasteiger partial charge on any atom is 0.352 e. The zero-order chi connectivity index (χ0) is 11.6. The molecule has 1 heterocycles. The average molecular weight is 273 g/mol. The second-order valence-electron chi connectivity index (χ2n) is 2.89. The molecule has 80 valence electrons. The minimum atomic E-state index is -1.05. The predicted molar refractivity (Wildman–Crippen MR) is 59.1 cm³/mol. The molecule has 0 aromatic carbocycles. The summed E-state index contributed by atoms with van der Waals surface area (Å²) in [6, 6.07) is 1.37. The number of nitrogens with one attached hydrogen (secondary N) is 1. The molecule has 5 nitrogen and oxygen atoms in total. The van der Waals surface area contributed by atoms with Crippen LogP contribution in [-0.2, 0) is 11.8 Å². The lowest BCUT2D eigenvalue weighted by atomic mass is 10.4. The lowest BCUT2D eigenvalue weighted by molar-refractivity contribution is -0.112. The summed E-state index contributed by atoms with van der Waals surface area (Å²) in [7, 11) is 1.59. The van der Waals surface area contributed by atoms with Crippen LogP contribution in [0.1, 0.15) is 10.5 Å². The molecular weight excluding hydrogens is 264 g/mol. The normalized spacial score (nSPS) is 9.73. The van der Waals surface area contributed by atoms with Crippen molar-refractivity contribution in [2.75, 3.05) is 5.32 Å². The van der Waals surface area contributed by atoms with Gasteiger partial charge in [-0.2, -0.15) is 0 Å². The summed E-state index contributed by atoms with van der Waals surface area (Å²) in [5.74, 6) is -1.45. The van der Waals surface area contributed by atoms with Crippen LogP contribution in [0.4, 0.5) is 5.69 Å². The third-order valence-corrected chi connectivity index (χ3v) is 2.09. The van der Waals surface area contributed by atoms with Gasteiger partial charge in [-0.3, -0.25) is 4.79 Å². The monoisotopic (exact) mass is 272 g/mol. The fourth-order valence-corrected chi connectivity index (χ4v) is 1.14. The highest BCUT2D eigenvalue weighted by molar-refractivity contribution is 9.12. The number of aromatic nitrogens is 1. The number of amides is 1. The number of hydrogen-bond donors (Lipinski definition) is 2. The predicted octanol–water partition coefficient (Wildman–Crippen LogP) is 1.57. The van der Waals surface area contributed by atoms with E-state index in [1.54, 1.807) is 7.05 Å². The quantitative estimate of drug-likeness (QED) is 0.821. The summed E-state index contributed by atoms with van der Waals surface area (Å²) >= 11 is 2.92. The number of carboxylic acids is 1. The summed E-state index contributed by atoms with van der Waals surface area (Å²) in [5, 5.41) is 11.2. The maximum absolute atomic E-state index is 11.2. The van der Waals surface area contributed by atoms with Gasteiger partial charge in [-0.1, -0.05) is 6.58 Å². The molecule has 2 N–H and O–H groups in total. The zero-order valence-electron chi connectivity index (χ0n) is 7.95. The molecule has 0 bridgehead atoms. The van der Waals surface area contributed by atoms with E-state index in [9.17, 15) is 9.59 Å². The smallest absolute Gasteiger partial charge is 0.352 e. The Labute approximate surface area is 94.5 Å². The summed E-state index contributed by atoms with van der Waals surface area (Å²) < 4.78 is 1.60. The standard InChI is InChI=1S/C9H9BrN2O3/c1-5(10)8(13)11-6-3-7(9(14)15)12(2)4-6/h3-4H,1H2,2H3,(H,11,13)(H,14,15). The van der Waals surface area contributed by atoms with Crippen LogP contribution in [0, 0.1) is 0 Å². The second kappa shape index (κ2) is 4.31. The summed E-state index contributed by atoms with van der Waals surface area (Å²) in [4.78, 5) is 21.9. The topological polar surface area (TPSA) is 71.3 Å². The first-order valence-electron chi connectivity index (χ1n) is 3.97. The van der Waals surface area contributed by atoms with Crippen molar-refractivity contribution in [3.05, 3.63) is 29.0 Å². The van der Waals surface area contributed by atoms with Gasteiger partial charge in [0.05, 0.1) is 10.2 Å². The van der Waals surface area contributed by atoms with Crippen LogP contribution in [0.2, 0.25) is 0 Å². The van der Waals surface area contributed by atoms with Gasteiger partial charge < -0.3 is 15.0 Å². The first-order valence-corrected chi connectivity index (χ1v) is 4.76. The largest absolute Gasteiger partial charge is 0.477 e. The lowest BCUT2D eigenvalue weighted by Crippen LogP contribution is -2.09. The number of aromatic carboxylic acids is 1. The second-order valence-corrected chi connectivity index (χ2v) is 3.85. The van der Waals surface area contributed by atoms with E-state index in [0.717, 1.165) is 0 Å². The number of carbonyl (C=O) groups excluding carboxylic acids is 1. The Hall–Kier alpha value is -1.56. The van der Waals surface area contributed by atoms with Crippen molar-refractivity contribution in [2.24, 2.45) is 7.05 Å². The molecule has 0 aliphatic carbocycles. The zero-order valence-corrected chi connectivity index (χ0v) is 9.54. The number of anilines is 1. The molecule has 0 fully saturated rings. The number of nitrogens with zero attached hydrogens (tertiary/aromatic N) is 1. The molecule has 1 rings (SSSR count). The van der Waals surface area contributed by atoms with E-state index < -0.39 is 11.9 Å². The van der Waals surface area contributed by atoms with Gasteiger partial charge >= 0.3 is 5.97 Å². The van der Waals surface area contributed by atoms with Crippen LogP contribution >= 0.6 is 15.9 Å². The molecule has 0 aliphatic rings. The Kier molecular flexibility index (Phi) is 3.31. The van der Waals surface area contributed by atoms with Crippen LogP contribution in [0.15, 0.2) is 23.3 Å². The minimum Gasteiger partial charge on any atom is -0.477 e. The molecule has 1 aromatic rings. The number of rotatable bonds is 3. The van der Waals surface area contributed by atoms with Crippen molar-refractivity contribution >= 4 is 33.5 Å². The highest BCUT2D eigenvalue weighted by Gasteiger charge is 2.11. The molecule has 0 spiro atoms. The van der Waals surface area contributed by atoms with Crippen LogP contribution in [0.3, 0.4) is 0 Å². The van der Waals surface area contributed by atoms with Gasteiger partial charge in [-0.05, 0) is 22.0 Å². The molecule has 15 heavy (non-hydrogen) atoms. The molecule has 0 saturated carbocycles. The Morgan fingerprint density at radius 2 is 2.20 bits per heavy atom. The third-order valence-electron chi connectivity index (χ3n) is 1.73. The third kappa shape index (κ3) is 2.69. The first-order chi connectivity index (χ1) is 6.91. The fraction of sp³-hybridized carbons (Fsp3) is 0.111. The number of carbonyl (C=O) groups is 2. The lowest BCUT2D eigenvalue weighted by Gasteiger charge is -1.98. The van der Waals surface area contributed by atoms with Crippen LogP contribution < -0.4 is 5.32 Å². The maximum atomic E-state index is 11.2. The highest BCUT2D eigenvalue weighted by Crippen LogP contribution is 2.14. The van der Waals surface area contributed by atoms with Crippen molar-refractivity contribution in [3.8, 4) is 0 Å². The number of carboxylic acid groups (broad SMARTS) is 1. The molecule has 0 unspecified atom stereocenters. The number of hydrogen-bond acceptors (Lipinski definition) is 2. The van der Waals surface area contributed by atoms with Gasteiger partial charge in [0.2, 0.25) is 0 Å². The fourth-order valence-electron chi connectivity index (χ4n) is 1.04. The Morgan fingerprint density at radius 3 is 2.60 bits per heavy atom. The molecule has 1 aromatic heterocycles. The Bertz CT molecular complexity index is 437. The molecule has 0 atom stereocenters. The van der Waals surface area contributed by atoms with Gasteiger partial charge in [0, 0.05) is 13.2 Å². The first kappa shape index (κ1) is 11.5. The molecule has 0 saturated heterocycles. The summed E-state index contributed by atoms with van der Waals surface area (Å²) in [5.41, 5.74) is 0.519. The van der Waals surface area contributed by atoms with Crippen molar-refractivity contribution in [1.29, 1.82) is 0 Å². The Balaban J connectivity index is 2.89. The van der Waals surface area contributed by atoms with Gasteiger partial charge in [-0.15, -0.1) is 0 Å². The van der Waals surface area contributed by atoms with Gasteiger partial charge in [-0.25, -0.2) is 4.79 Å². The van der Waals surface area contributed by atoms with E-state index in [2.05, 4.69) is 27.8 Å². The van der Waals surface area contributed by atoms with Gasteiger partial charge in [0.25, 0.3) is 5.91 Å². The van der Waals surface area contributed by atoms with Gasteiger partial charge in [0.1, 0.15) is 5.69 Å². The van der Waals surface area contributed by atoms with Crippen molar-refractivity contribution in [1.82, 2.24) is 4.57 Å². The average Bonchev–Trinajstić information content (AvgIpc) is 2.46. The van der Waals surface area contributed by atoms with E-state index in [1.807, 2.05) is 0 Å². The van der Waals surface area contributed by atoms with Crippen LogP contribution in [0.5, 0.6) is 0 Å². The number of halogens is 1. The van der Waals surface area contributed by atoms with E-state index in [4.69, 9.17) is 5.11 Å². The number of aryl methyl sites for hydroxylation is 1. The van der Waals surface area contributed by atoms with E-state index in [-0.39, 0.29) is 10.2 Å². The Morgan fingerprint density at radius 1 is 1.60 bits per heavy atom. The SMILES string of the molecule is C=C(Br)C(=O)Nc1cc(C(=O)O)n(C)c1. The van der Waals surface area contributed by atoms with E-state index in [0.29, 0.717) is 5.69 Å². The van der Waals surface area contributed by atoms with Crippen LogP contribution in [0.25, 0.3) is 0 Å². The van der Waals surface area contributed by atoms with Crippen LogP contribution in [-0.4, -0.2) is 21.6 Å². The molecule has 0 radical (unpaired) electrons. The summed E-state index contributed by atoms with van der Waals surface area (Å²) in [6.07, 6.45) is 1.51. The van der Waals surface area contributed by atoms with Gasteiger partial charge in [0.15, 0.2) is 0 Å². The molecule has 6 heteroatoms.